The van der Waals surface area contributed by atoms with Gasteiger partial charge < -0.3 is 15.2 Å². The zero-order valence-electron chi connectivity index (χ0n) is 13.1. The van der Waals surface area contributed by atoms with Crippen LogP contribution in [0.4, 0.5) is 5.69 Å². The number of nitrogens with zero attached hydrogens (tertiary/aromatic N) is 2. The fourth-order valence-corrected chi connectivity index (χ4v) is 2.55. The van der Waals surface area contributed by atoms with E-state index < -0.39 is 0 Å². The van der Waals surface area contributed by atoms with Gasteiger partial charge >= 0.3 is 0 Å². The lowest BCUT2D eigenvalue weighted by Gasteiger charge is -2.16. The van der Waals surface area contributed by atoms with E-state index in [1.165, 1.54) is 11.3 Å². The Morgan fingerprint density at radius 1 is 1.29 bits per heavy atom. The Morgan fingerprint density at radius 3 is 2.48 bits per heavy atom. The molecular formula is C16H23N3O2. The number of aliphatic hydroxyl groups excluding tert-OH is 1. The minimum atomic E-state index is 0.0244. The zero-order chi connectivity index (χ0) is 15.4. The minimum absolute atomic E-state index is 0.0244. The Hall–Kier alpha value is -2.01. The van der Waals surface area contributed by atoms with Crippen LogP contribution in [0.5, 0.6) is 5.75 Å². The van der Waals surface area contributed by atoms with Crippen LogP contribution in [0.25, 0.3) is 0 Å². The average Bonchev–Trinajstić information content (AvgIpc) is 2.71. The van der Waals surface area contributed by atoms with Crippen LogP contribution in [-0.4, -0.2) is 28.1 Å². The van der Waals surface area contributed by atoms with Crippen molar-refractivity contribution < 1.29 is 9.84 Å². The van der Waals surface area contributed by atoms with Crippen molar-refractivity contribution >= 4 is 5.69 Å². The molecule has 0 amide bonds. The number of aromatic nitrogens is 2. The number of benzene rings is 1. The van der Waals surface area contributed by atoms with Crippen LogP contribution < -0.4 is 10.1 Å². The Balaban J connectivity index is 2.07. The highest BCUT2D eigenvalue weighted by molar-refractivity contribution is 5.49. The van der Waals surface area contributed by atoms with Crippen molar-refractivity contribution in [1.82, 2.24) is 9.78 Å². The topological polar surface area (TPSA) is 59.3 Å². The summed E-state index contributed by atoms with van der Waals surface area (Å²) in [5.41, 5.74) is 4.49. The third-order valence-corrected chi connectivity index (χ3v) is 3.60. The summed E-state index contributed by atoms with van der Waals surface area (Å²) in [5, 5.41) is 16.7. The first kappa shape index (κ1) is 15.4. The average molecular weight is 289 g/mol. The van der Waals surface area contributed by atoms with Gasteiger partial charge in [0.15, 0.2) is 0 Å². The van der Waals surface area contributed by atoms with Crippen LogP contribution in [0, 0.1) is 13.8 Å². The maximum absolute atomic E-state index is 8.74. The number of hydrogen-bond acceptors (Lipinski definition) is 4. The summed E-state index contributed by atoms with van der Waals surface area (Å²) in [6.07, 6.45) is 0. The molecule has 0 aliphatic heterocycles. The van der Waals surface area contributed by atoms with Crippen molar-refractivity contribution in [3.63, 3.8) is 0 Å². The highest BCUT2D eigenvalue weighted by Crippen LogP contribution is 2.25. The lowest BCUT2D eigenvalue weighted by molar-refractivity contribution is 0.201. The second-order valence-corrected chi connectivity index (χ2v) is 5.17. The minimum Gasteiger partial charge on any atom is -0.491 e. The molecule has 2 rings (SSSR count). The van der Waals surface area contributed by atoms with Crippen LogP contribution in [0.3, 0.4) is 0 Å². The summed E-state index contributed by atoms with van der Waals surface area (Å²) in [4.78, 5) is 0. The van der Waals surface area contributed by atoms with Gasteiger partial charge in [-0.25, -0.2) is 0 Å². The predicted molar refractivity (Wildman–Crippen MR) is 83.7 cm³/mol. The van der Waals surface area contributed by atoms with E-state index in [1.54, 1.807) is 0 Å². The maximum Gasteiger partial charge on any atom is 0.119 e. The number of hydrogen-bond donors (Lipinski definition) is 2. The molecule has 0 saturated heterocycles. The van der Waals surface area contributed by atoms with Crippen LogP contribution in [0.2, 0.25) is 0 Å². The fourth-order valence-electron chi connectivity index (χ4n) is 2.55. The van der Waals surface area contributed by atoms with Crippen LogP contribution in [-0.2, 0) is 7.05 Å². The third kappa shape index (κ3) is 3.55. The number of rotatable bonds is 6. The first-order valence-corrected chi connectivity index (χ1v) is 7.13. The predicted octanol–water partition coefficient (Wildman–Crippen LogP) is 2.58. The van der Waals surface area contributed by atoms with E-state index in [9.17, 15) is 0 Å². The van der Waals surface area contributed by atoms with Gasteiger partial charge in [-0.1, -0.05) is 0 Å². The lowest BCUT2D eigenvalue weighted by atomic mass is 10.1. The molecule has 114 valence electrons. The fraction of sp³-hybridized carbons (Fsp3) is 0.438. The Morgan fingerprint density at radius 2 is 1.95 bits per heavy atom. The van der Waals surface area contributed by atoms with Crippen LogP contribution in [0.15, 0.2) is 24.3 Å². The van der Waals surface area contributed by atoms with E-state index in [4.69, 9.17) is 9.84 Å². The molecule has 0 aliphatic carbocycles. The van der Waals surface area contributed by atoms with Gasteiger partial charge in [0.2, 0.25) is 0 Å². The normalized spacial score (nSPS) is 12.2. The molecule has 0 aliphatic rings. The molecule has 1 aromatic heterocycles. The van der Waals surface area contributed by atoms with Crippen molar-refractivity contribution in [2.24, 2.45) is 7.05 Å². The SMILES string of the molecule is Cc1nn(C)c(C)c1C(C)Nc1ccc(OCCO)cc1. The van der Waals surface area contributed by atoms with Crippen LogP contribution >= 0.6 is 0 Å². The highest BCUT2D eigenvalue weighted by Gasteiger charge is 2.16. The van der Waals surface area contributed by atoms with E-state index in [0.717, 1.165) is 17.1 Å². The summed E-state index contributed by atoms with van der Waals surface area (Å²) in [6.45, 7) is 6.59. The Labute approximate surface area is 125 Å². The van der Waals surface area contributed by atoms with Gasteiger partial charge in [0, 0.05) is 24.0 Å². The van der Waals surface area contributed by atoms with E-state index in [1.807, 2.05) is 42.9 Å². The van der Waals surface area contributed by atoms with Gasteiger partial charge in [-0.05, 0) is 45.0 Å². The van der Waals surface area contributed by atoms with Crippen molar-refractivity contribution in [2.75, 3.05) is 18.5 Å². The van der Waals surface area contributed by atoms with E-state index in [0.29, 0.717) is 6.61 Å². The van der Waals surface area contributed by atoms with Gasteiger partial charge in [-0.3, -0.25) is 4.68 Å². The maximum atomic E-state index is 8.74. The molecule has 1 aromatic carbocycles. The van der Waals surface area contributed by atoms with E-state index in [2.05, 4.69) is 24.3 Å². The summed E-state index contributed by atoms with van der Waals surface area (Å²) in [7, 11) is 1.96. The molecule has 0 spiro atoms. The summed E-state index contributed by atoms with van der Waals surface area (Å²) < 4.78 is 7.26. The molecule has 0 radical (unpaired) electrons. The molecule has 5 heteroatoms. The number of ether oxygens (including phenoxy) is 1. The first-order valence-electron chi connectivity index (χ1n) is 7.13. The lowest BCUT2D eigenvalue weighted by Crippen LogP contribution is -2.09. The largest absolute Gasteiger partial charge is 0.491 e. The van der Waals surface area contributed by atoms with Gasteiger partial charge in [-0.15, -0.1) is 0 Å². The summed E-state index contributed by atoms with van der Waals surface area (Å²) in [5.74, 6) is 0.760. The second-order valence-electron chi connectivity index (χ2n) is 5.17. The Bertz CT molecular complexity index is 590. The number of aryl methyl sites for hydroxylation is 2. The molecule has 2 N–H and O–H groups in total. The van der Waals surface area contributed by atoms with E-state index in [-0.39, 0.29) is 12.6 Å². The zero-order valence-corrected chi connectivity index (χ0v) is 13.1. The third-order valence-electron chi connectivity index (χ3n) is 3.60. The number of nitrogens with one attached hydrogen (secondary N) is 1. The molecule has 1 unspecified atom stereocenters. The quantitative estimate of drug-likeness (QED) is 0.858. The number of aliphatic hydroxyl groups is 1. The van der Waals surface area contributed by atoms with E-state index >= 15 is 0 Å². The molecular weight excluding hydrogens is 266 g/mol. The molecule has 1 heterocycles. The molecule has 5 nitrogen and oxygen atoms in total. The number of anilines is 1. The standard InChI is InChI=1S/C16H23N3O2/c1-11(16-12(2)18-19(4)13(16)3)17-14-5-7-15(8-6-14)21-10-9-20/h5-8,11,17,20H,9-10H2,1-4H3. The molecule has 1 atom stereocenters. The monoisotopic (exact) mass is 289 g/mol. The van der Waals surface area contributed by atoms with Gasteiger partial charge in [0.05, 0.1) is 18.3 Å². The van der Waals surface area contributed by atoms with Crippen molar-refractivity contribution in [3.05, 3.63) is 41.2 Å². The molecule has 21 heavy (non-hydrogen) atoms. The smallest absolute Gasteiger partial charge is 0.119 e. The van der Waals surface area contributed by atoms with Gasteiger partial charge in [0.25, 0.3) is 0 Å². The van der Waals surface area contributed by atoms with Gasteiger partial charge in [-0.2, -0.15) is 5.10 Å². The van der Waals surface area contributed by atoms with Crippen molar-refractivity contribution in [2.45, 2.75) is 26.8 Å². The molecule has 0 bridgehead atoms. The Kier molecular flexibility index (Phi) is 4.85. The van der Waals surface area contributed by atoms with Crippen molar-refractivity contribution in [3.8, 4) is 5.75 Å². The van der Waals surface area contributed by atoms with Gasteiger partial charge in [0.1, 0.15) is 12.4 Å². The summed E-state index contributed by atoms with van der Waals surface area (Å²) >= 11 is 0. The van der Waals surface area contributed by atoms with Crippen LogP contribution in [0.1, 0.15) is 29.9 Å². The van der Waals surface area contributed by atoms with Crippen molar-refractivity contribution in [1.29, 1.82) is 0 Å². The molecule has 0 saturated carbocycles. The molecule has 0 fully saturated rings. The highest BCUT2D eigenvalue weighted by atomic mass is 16.5. The molecule has 2 aromatic rings. The first-order chi connectivity index (χ1) is 10.0. The summed E-state index contributed by atoms with van der Waals surface area (Å²) in [6, 6.07) is 7.93. The second kappa shape index (κ2) is 6.63.